The largest absolute Gasteiger partial charge is 0.490 e. The van der Waals surface area contributed by atoms with Crippen LogP contribution in [0.15, 0.2) is 76.8 Å². The number of hydrogen-bond donors (Lipinski definition) is 2. The van der Waals surface area contributed by atoms with Gasteiger partial charge in [0.2, 0.25) is 0 Å². The number of hydrogen-bond acceptors (Lipinski definition) is 5. The predicted molar refractivity (Wildman–Crippen MR) is 141 cm³/mol. The maximum atomic E-state index is 12.9. The summed E-state index contributed by atoms with van der Waals surface area (Å²) in [6, 6.07) is 18.8. The topological polar surface area (TPSA) is 97.0 Å². The van der Waals surface area contributed by atoms with Gasteiger partial charge in [0, 0.05) is 15.2 Å². The molecule has 36 heavy (non-hydrogen) atoms. The first-order chi connectivity index (χ1) is 17.4. The van der Waals surface area contributed by atoms with Crippen molar-refractivity contribution in [1.82, 2.24) is 5.43 Å². The van der Waals surface area contributed by atoms with Crippen LogP contribution >= 0.6 is 27.5 Å². The Bertz CT molecular complexity index is 1330. The number of rotatable bonds is 8. The molecule has 3 amide bonds. The number of halogens is 2. The summed E-state index contributed by atoms with van der Waals surface area (Å²) in [5.74, 6) is -0.678. The molecule has 0 unspecified atom stereocenters. The molecule has 0 spiro atoms. The molecule has 1 heterocycles. The molecule has 1 aliphatic heterocycles. The van der Waals surface area contributed by atoms with E-state index in [2.05, 4.69) is 26.7 Å². The molecule has 0 aromatic heterocycles. The molecule has 0 atom stereocenters. The SMILES string of the molecule is CCOc1cc(/C=C2/C(=O)NN(c3ccccc3)C2=O)c(Br)cc1OCC(=O)Nc1ccc(Cl)cc1. The second kappa shape index (κ2) is 11.3. The van der Waals surface area contributed by atoms with Gasteiger partial charge in [0.15, 0.2) is 18.1 Å². The Kier molecular flexibility index (Phi) is 7.92. The zero-order chi connectivity index (χ0) is 25.7. The molecule has 184 valence electrons. The van der Waals surface area contributed by atoms with Crippen LogP contribution in [0.25, 0.3) is 6.08 Å². The summed E-state index contributed by atoms with van der Waals surface area (Å²) in [7, 11) is 0. The van der Waals surface area contributed by atoms with Gasteiger partial charge in [0.25, 0.3) is 17.7 Å². The lowest BCUT2D eigenvalue weighted by molar-refractivity contribution is -0.118. The standard InChI is InChI=1S/C26H21BrClN3O5/c1-2-35-22-13-16(12-20-25(33)30-31(26(20)34)19-6-4-3-5-7-19)21(27)14-23(22)36-15-24(32)29-18-10-8-17(28)9-11-18/h3-14H,2,15H2,1H3,(H,29,32)(H,30,33)/b20-12-. The molecule has 10 heteroatoms. The molecule has 4 rings (SSSR count). The number of nitrogens with one attached hydrogen (secondary N) is 2. The zero-order valence-electron chi connectivity index (χ0n) is 19.1. The van der Waals surface area contributed by atoms with Crippen LogP contribution in [0.3, 0.4) is 0 Å². The first-order valence-corrected chi connectivity index (χ1v) is 12.1. The van der Waals surface area contributed by atoms with Crippen LogP contribution in [0.4, 0.5) is 11.4 Å². The molecule has 1 aliphatic rings. The van der Waals surface area contributed by atoms with E-state index in [4.69, 9.17) is 21.1 Å². The lowest BCUT2D eigenvalue weighted by atomic mass is 10.1. The molecule has 0 radical (unpaired) electrons. The first kappa shape index (κ1) is 25.3. The highest BCUT2D eigenvalue weighted by Crippen LogP contribution is 2.35. The molecule has 0 saturated carbocycles. The van der Waals surface area contributed by atoms with Crippen LogP contribution in [0.5, 0.6) is 11.5 Å². The zero-order valence-corrected chi connectivity index (χ0v) is 21.4. The Labute approximate surface area is 220 Å². The fraction of sp³-hybridized carbons (Fsp3) is 0.115. The van der Waals surface area contributed by atoms with Gasteiger partial charge in [0.05, 0.1) is 12.3 Å². The molecular weight excluding hydrogens is 550 g/mol. The fourth-order valence-electron chi connectivity index (χ4n) is 3.39. The van der Waals surface area contributed by atoms with Gasteiger partial charge in [-0.1, -0.05) is 45.7 Å². The molecule has 1 fully saturated rings. The third-order valence-electron chi connectivity index (χ3n) is 5.06. The highest BCUT2D eigenvalue weighted by molar-refractivity contribution is 9.10. The van der Waals surface area contributed by atoms with Crippen LogP contribution in [-0.4, -0.2) is 30.9 Å². The minimum atomic E-state index is -0.520. The van der Waals surface area contributed by atoms with Crippen molar-refractivity contribution in [1.29, 1.82) is 0 Å². The highest BCUT2D eigenvalue weighted by Gasteiger charge is 2.34. The van der Waals surface area contributed by atoms with Gasteiger partial charge in [-0.25, -0.2) is 5.01 Å². The summed E-state index contributed by atoms with van der Waals surface area (Å²) < 4.78 is 11.9. The van der Waals surface area contributed by atoms with Gasteiger partial charge < -0.3 is 14.8 Å². The maximum absolute atomic E-state index is 12.9. The molecule has 8 nitrogen and oxygen atoms in total. The van der Waals surface area contributed by atoms with Gasteiger partial charge >= 0.3 is 0 Å². The summed E-state index contributed by atoms with van der Waals surface area (Å²) in [4.78, 5) is 37.8. The maximum Gasteiger partial charge on any atom is 0.282 e. The van der Waals surface area contributed by atoms with Gasteiger partial charge in [-0.15, -0.1) is 0 Å². The Morgan fingerprint density at radius 3 is 2.44 bits per heavy atom. The Morgan fingerprint density at radius 1 is 1.06 bits per heavy atom. The summed E-state index contributed by atoms with van der Waals surface area (Å²) in [6.07, 6.45) is 1.48. The molecular formula is C26H21BrClN3O5. The van der Waals surface area contributed by atoms with Crippen molar-refractivity contribution in [2.45, 2.75) is 6.92 Å². The highest BCUT2D eigenvalue weighted by atomic mass is 79.9. The number of nitrogens with zero attached hydrogens (tertiary/aromatic N) is 1. The Balaban J connectivity index is 1.52. The number of carbonyl (C=O) groups is 3. The molecule has 3 aromatic rings. The minimum absolute atomic E-state index is 0.0296. The van der Waals surface area contributed by atoms with Crippen LogP contribution in [0.1, 0.15) is 12.5 Å². The number of ether oxygens (including phenoxy) is 2. The second-order valence-electron chi connectivity index (χ2n) is 7.57. The van der Waals surface area contributed by atoms with Crippen LogP contribution in [0, 0.1) is 0 Å². The van der Waals surface area contributed by atoms with E-state index in [1.54, 1.807) is 60.7 Å². The molecule has 0 bridgehead atoms. The van der Waals surface area contributed by atoms with Crippen molar-refractivity contribution in [2.75, 3.05) is 23.5 Å². The van der Waals surface area contributed by atoms with Crippen LogP contribution in [-0.2, 0) is 14.4 Å². The minimum Gasteiger partial charge on any atom is -0.490 e. The lowest BCUT2D eigenvalue weighted by Crippen LogP contribution is -2.35. The van der Waals surface area contributed by atoms with Gasteiger partial charge in [0.1, 0.15) is 5.57 Å². The van der Waals surface area contributed by atoms with E-state index in [-0.39, 0.29) is 18.1 Å². The van der Waals surface area contributed by atoms with Crippen molar-refractivity contribution < 1.29 is 23.9 Å². The monoisotopic (exact) mass is 569 g/mol. The number of benzene rings is 3. The van der Waals surface area contributed by atoms with Crippen molar-refractivity contribution in [2.24, 2.45) is 0 Å². The normalized spacial score (nSPS) is 14.1. The quantitative estimate of drug-likeness (QED) is 0.294. The van der Waals surface area contributed by atoms with E-state index in [1.165, 1.54) is 11.1 Å². The summed E-state index contributed by atoms with van der Waals surface area (Å²) in [5, 5.41) is 4.48. The van der Waals surface area contributed by atoms with Crippen molar-refractivity contribution in [3.05, 3.63) is 87.4 Å². The van der Waals surface area contributed by atoms with Crippen LogP contribution < -0.4 is 25.2 Å². The van der Waals surface area contributed by atoms with Gasteiger partial charge in [-0.3, -0.25) is 19.8 Å². The summed E-state index contributed by atoms with van der Waals surface area (Å²) in [5.41, 5.74) is 4.21. The van der Waals surface area contributed by atoms with Crippen molar-refractivity contribution >= 4 is 62.7 Å². The molecule has 2 N–H and O–H groups in total. The number of amides is 3. The smallest absolute Gasteiger partial charge is 0.282 e. The summed E-state index contributed by atoms with van der Waals surface area (Å²) >= 11 is 9.32. The average molecular weight is 571 g/mol. The third kappa shape index (κ3) is 5.87. The fourth-order valence-corrected chi connectivity index (χ4v) is 3.95. The number of carbonyl (C=O) groups excluding carboxylic acids is 3. The van der Waals surface area contributed by atoms with Crippen molar-refractivity contribution in [3.63, 3.8) is 0 Å². The third-order valence-corrected chi connectivity index (χ3v) is 5.99. The number of para-hydroxylation sites is 1. The van der Waals surface area contributed by atoms with E-state index < -0.39 is 11.8 Å². The van der Waals surface area contributed by atoms with E-state index in [9.17, 15) is 14.4 Å². The lowest BCUT2D eigenvalue weighted by Gasteiger charge is -2.14. The van der Waals surface area contributed by atoms with E-state index >= 15 is 0 Å². The van der Waals surface area contributed by atoms with E-state index in [1.807, 2.05) is 13.0 Å². The molecule has 1 saturated heterocycles. The average Bonchev–Trinajstić information content (AvgIpc) is 3.15. The second-order valence-corrected chi connectivity index (χ2v) is 8.86. The predicted octanol–water partition coefficient (Wildman–Crippen LogP) is 4.98. The Morgan fingerprint density at radius 2 is 1.75 bits per heavy atom. The first-order valence-electron chi connectivity index (χ1n) is 10.9. The van der Waals surface area contributed by atoms with Crippen LogP contribution in [0.2, 0.25) is 5.02 Å². The summed E-state index contributed by atoms with van der Waals surface area (Å²) in [6.45, 7) is 1.89. The van der Waals surface area contributed by atoms with Gasteiger partial charge in [-0.2, -0.15) is 0 Å². The van der Waals surface area contributed by atoms with E-state index in [0.717, 1.165) is 0 Å². The van der Waals surface area contributed by atoms with Gasteiger partial charge in [-0.05, 0) is 67.1 Å². The number of anilines is 2. The van der Waals surface area contributed by atoms with E-state index in [0.29, 0.717) is 44.5 Å². The van der Waals surface area contributed by atoms with Crippen molar-refractivity contribution in [3.8, 4) is 11.5 Å². The molecule has 0 aliphatic carbocycles. The number of hydrazine groups is 1. The Hall–Kier alpha value is -3.82. The molecule has 3 aromatic carbocycles.